The molecule has 0 saturated carbocycles. The standard InChI is InChI=1S/C22H27N3OS/c1-4-19(17-9-7-15(2)8-10-17)24-22(27)23-18-11-12-20(16(3)14-18)25-13-5-6-21(25)26/h7-12,14,19H,4-6,13H2,1-3H3,(H2,23,24,27)/t19-/m1/s1. The van der Waals surface area contributed by atoms with Crippen LogP contribution in [0.5, 0.6) is 0 Å². The first kappa shape index (κ1) is 19.4. The van der Waals surface area contributed by atoms with Crippen molar-refractivity contribution < 1.29 is 4.79 Å². The molecule has 1 heterocycles. The summed E-state index contributed by atoms with van der Waals surface area (Å²) in [6, 6.07) is 14.7. The van der Waals surface area contributed by atoms with Crippen molar-refractivity contribution in [3.05, 3.63) is 59.2 Å². The zero-order valence-electron chi connectivity index (χ0n) is 16.2. The van der Waals surface area contributed by atoms with Gasteiger partial charge in [0, 0.05) is 24.3 Å². The largest absolute Gasteiger partial charge is 0.356 e. The van der Waals surface area contributed by atoms with Gasteiger partial charge in [-0.3, -0.25) is 4.79 Å². The van der Waals surface area contributed by atoms with Gasteiger partial charge in [-0.1, -0.05) is 36.8 Å². The molecule has 2 N–H and O–H groups in total. The Balaban J connectivity index is 1.65. The lowest BCUT2D eigenvalue weighted by Crippen LogP contribution is -2.32. The van der Waals surface area contributed by atoms with Crippen molar-refractivity contribution in [1.82, 2.24) is 5.32 Å². The van der Waals surface area contributed by atoms with Gasteiger partial charge < -0.3 is 15.5 Å². The van der Waals surface area contributed by atoms with Gasteiger partial charge in [0.05, 0.1) is 6.04 Å². The number of rotatable bonds is 5. The number of thiocarbonyl (C=S) groups is 1. The van der Waals surface area contributed by atoms with E-state index in [0.29, 0.717) is 11.5 Å². The van der Waals surface area contributed by atoms with Crippen molar-refractivity contribution in [2.24, 2.45) is 0 Å². The highest BCUT2D eigenvalue weighted by Gasteiger charge is 2.23. The van der Waals surface area contributed by atoms with Gasteiger partial charge in [0.25, 0.3) is 0 Å². The number of carbonyl (C=O) groups excluding carboxylic acids is 1. The maximum atomic E-state index is 12.0. The summed E-state index contributed by atoms with van der Waals surface area (Å²) in [5.74, 6) is 0.208. The Bertz CT molecular complexity index is 832. The van der Waals surface area contributed by atoms with Crippen LogP contribution in [0.4, 0.5) is 11.4 Å². The Morgan fingerprint density at radius 3 is 2.52 bits per heavy atom. The molecule has 2 aromatic rings. The molecule has 1 aliphatic rings. The lowest BCUT2D eigenvalue weighted by atomic mass is 10.0. The Morgan fingerprint density at radius 2 is 1.93 bits per heavy atom. The zero-order valence-corrected chi connectivity index (χ0v) is 17.0. The highest BCUT2D eigenvalue weighted by molar-refractivity contribution is 7.80. The summed E-state index contributed by atoms with van der Waals surface area (Å²) in [6.45, 7) is 7.07. The van der Waals surface area contributed by atoms with E-state index < -0.39 is 0 Å². The normalized spacial score (nSPS) is 14.9. The smallest absolute Gasteiger partial charge is 0.227 e. The van der Waals surface area contributed by atoms with E-state index in [2.05, 4.69) is 48.7 Å². The fourth-order valence-electron chi connectivity index (χ4n) is 3.48. The molecule has 142 valence electrons. The Morgan fingerprint density at radius 1 is 1.19 bits per heavy atom. The number of benzene rings is 2. The lowest BCUT2D eigenvalue weighted by molar-refractivity contribution is -0.117. The van der Waals surface area contributed by atoms with Crippen LogP contribution in [0.3, 0.4) is 0 Å². The van der Waals surface area contributed by atoms with Crippen LogP contribution in [0.25, 0.3) is 0 Å². The van der Waals surface area contributed by atoms with E-state index in [-0.39, 0.29) is 11.9 Å². The highest BCUT2D eigenvalue weighted by Crippen LogP contribution is 2.27. The zero-order chi connectivity index (χ0) is 19.4. The molecule has 1 aliphatic heterocycles. The van der Waals surface area contributed by atoms with Gasteiger partial charge in [-0.25, -0.2) is 0 Å². The first-order valence-corrected chi connectivity index (χ1v) is 9.94. The van der Waals surface area contributed by atoms with Crippen LogP contribution in [0.15, 0.2) is 42.5 Å². The molecule has 1 atom stereocenters. The van der Waals surface area contributed by atoms with Gasteiger partial charge in [-0.15, -0.1) is 0 Å². The molecule has 3 rings (SSSR count). The van der Waals surface area contributed by atoms with Gasteiger partial charge in [0.15, 0.2) is 5.11 Å². The van der Waals surface area contributed by atoms with Gasteiger partial charge in [-0.2, -0.15) is 0 Å². The fraction of sp³-hybridized carbons (Fsp3) is 0.364. The number of amides is 1. The summed E-state index contributed by atoms with van der Waals surface area (Å²) in [5, 5.41) is 7.28. The summed E-state index contributed by atoms with van der Waals surface area (Å²) in [5.41, 5.74) is 5.48. The molecule has 1 amide bonds. The SMILES string of the molecule is CC[C@@H](NC(=S)Nc1ccc(N2CCCC2=O)c(C)c1)c1ccc(C)cc1. The second-order valence-corrected chi connectivity index (χ2v) is 7.53. The second kappa shape index (κ2) is 8.53. The monoisotopic (exact) mass is 381 g/mol. The summed E-state index contributed by atoms with van der Waals surface area (Å²) >= 11 is 5.52. The number of anilines is 2. The average molecular weight is 382 g/mol. The van der Waals surface area contributed by atoms with Crippen molar-refractivity contribution in [2.45, 2.75) is 46.1 Å². The topological polar surface area (TPSA) is 44.4 Å². The molecule has 1 saturated heterocycles. The predicted molar refractivity (Wildman–Crippen MR) is 116 cm³/mol. The number of nitrogens with one attached hydrogen (secondary N) is 2. The van der Waals surface area contributed by atoms with Crippen molar-refractivity contribution in [3.63, 3.8) is 0 Å². The molecule has 0 bridgehead atoms. The molecule has 0 unspecified atom stereocenters. The van der Waals surface area contributed by atoms with E-state index >= 15 is 0 Å². The van der Waals surface area contributed by atoms with E-state index in [1.807, 2.05) is 30.0 Å². The summed E-state index contributed by atoms with van der Waals surface area (Å²) in [7, 11) is 0. The van der Waals surface area contributed by atoms with Gasteiger partial charge in [0.2, 0.25) is 5.91 Å². The Kier molecular flexibility index (Phi) is 6.11. The van der Waals surface area contributed by atoms with Gasteiger partial charge >= 0.3 is 0 Å². The predicted octanol–water partition coefficient (Wildman–Crippen LogP) is 4.87. The Labute approximate surface area is 167 Å². The molecule has 0 aromatic heterocycles. The maximum absolute atomic E-state index is 12.0. The molecule has 5 heteroatoms. The van der Waals surface area contributed by atoms with Crippen LogP contribution in [-0.4, -0.2) is 17.6 Å². The van der Waals surface area contributed by atoms with E-state index in [0.717, 1.165) is 36.3 Å². The average Bonchev–Trinajstić information content (AvgIpc) is 3.06. The lowest BCUT2D eigenvalue weighted by Gasteiger charge is -2.22. The minimum absolute atomic E-state index is 0.174. The molecule has 1 fully saturated rings. The molecular formula is C22H27N3OS. The van der Waals surface area contributed by atoms with Crippen LogP contribution in [0, 0.1) is 13.8 Å². The number of hydrogen-bond acceptors (Lipinski definition) is 2. The minimum Gasteiger partial charge on any atom is -0.356 e. The summed E-state index contributed by atoms with van der Waals surface area (Å²) in [6.07, 6.45) is 2.52. The van der Waals surface area contributed by atoms with Crippen LogP contribution in [0.1, 0.15) is 48.9 Å². The summed E-state index contributed by atoms with van der Waals surface area (Å²) in [4.78, 5) is 13.9. The first-order valence-electron chi connectivity index (χ1n) is 9.53. The van der Waals surface area contributed by atoms with Crippen LogP contribution < -0.4 is 15.5 Å². The molecule has 0 spiro atoms. The van der Waals surface area contributed by atoms with E-state index in [4.69, 9.17) is 12.2 Å². The van der Waals surface area contributed by atoms with Crippen molar-refractivity contribution in [2.75, 3.05) is 16.8 Å². The maximum Gasteiger partial charge on any atom is 0.227 e. The van der Waals surface area contributed by atoms with E-state index in [1.165, 1.54) is 11.1 Å². The highest BCUT2D eigenvalue weighted by atomic mass is 32.1. The third-order valence-corrected chi connectivity index (χ3v) is 5.23. The molecular weight excluding hydrogens is 354 g/mol. The number of carbonyl (C=O) groups is 1. The van der Waals surface area contributed by atoms with Crippen LogP contribution in [0.2, 0.25) is 0 Å². The third-order valence-electron chi connectivity index (χ3n) is 5.01. The minimum atomic E-state index is 0.174. The van der Waals surface area contributed by atoms with E-state index in [9.17, 15) is 4.79 Å². The fourth-order valence-corrected chi connectivity index (χ4v) is 3.74. The Hall–Kier alpha value is -2.40. The first-order chi connectivity index (χ1) is 13.0. The number of aryl methyl sites for hydroxylation is 2. The molecule has 0 aliphatic carbocycles. The second-order valence-electron chi connectivity index (χ2n) is 7.12. The molecule has 27 heavy (non-hydrogen) atoms. The van der Waals surface area contributed by atoms with Gasteiger partial charge in [-0.05, 0) is 68.2 Å². The number of hydrogen-bond donors (Lipinski definition) is 2. The molecule has 4 nitrogen and oxygen atoms in total. The van der Waals surface area contributed by atoms with Crippen LogP contribution in [-0.2, 0) is 4.79 Å². The van der Waals surface area contributed by atoms with Crippen LogP contribution >= 0.6 is 12.2 Å². The summed E-state index contributed by atoms with van der Waals surface area (Å²) < 4.78 is 0. The third kappa shape index (κ3) is 4.66. The van der Waals surface area contributed by atoms with Crippen molar-refractivity contribution in [3.8, 4) is 0 Å². The molecule has 2 aromatic carbocycles. The van der Waals surface area contributed by atoms with Gasteiger partial charge in [0.1, 0.15) is 0 Å². The number of nitrogens with zero attached hydrogens (tertiary/aromatic N) is 1. The quantitative estimate of drug-likeness (QED) is 0.726. The van der Waals surface area contributed by atoms with Crippen molar-refractivity contribution in [1.29, 1.82) is 0 Å². The van der Waals surface area contributed by atoms with E-state index in [1.54, 1.807) is 0 Å². The van der Waals surface area contributed by atoms with Crippen molar-refractivity contribution >= 4 is 34.6 Å². The molecule has 0 radical (unpaired) electrons.